The summed E-state index contributed by atoms with van der Waals surface area (Å²) in [5, 5.41) is 0. The predicted molar refractivity (Wildman–Crippen MR) is 122 cm³/mol. The number of nitrogen functional groups attached to an aromatic ring is 1. The van der Waals surface area contributed by atoms with Crippen LogP contribution >= 0.6 is 0 Å². The first-order chi connectivity index (χ1) is 15.3. The number of aromatic nitrogens is 2. The summed E-state index contributed by atoms with van der Waals surface area (Å²) in [6, 6.07) is 8.41. The summed E-state index contributed by atoms with van der Waals surface area (Å²) >= 11 is 0. The topological polar surface area (TPSA) is 119 Å². The van der Waals surface area contributed by atoms with Gasteiger partial charge in [-0.3, -0.25) is 9.69 Å². The van der Waals surface area contributed by atoms with Crippen molar-refractivity contribution in [3.05, 3.63) is 41.0 Å². The summed E-state index contributed by atoms with van der Waals surface area (Å²) in [6.07, 6.45) is 3.82. The Morgan fingerprint density at radius 1 is 1.12 bits per heavy atom. The molecule has 2 aromatic rings. The van der Waals surface area contributed by atoms with Gasteiger partial charge in [-0.1, -0.05) is 24.3 Å². The standard InChI is InChI=1S/C22H29N5O4S/c1-32(29,30)10-9-31-22-24-20(23)19-12-18(28)15-27(21(19)25-22)14-17-6-4-5-16(11-17)13-26-7-2-3-8-26/h4-6,11H,2-3,7-10,12-15H2,1H3,(H2,23,24,25). The molecule has 0 unspecified atom stereocenters. The fourth-order valence-electron chi connectivity index (χ4n) is 4.17. The second-order valence-corrected chi connectivity index (χ2v) is 10.8. The number of fused-ring (bicyclic) bond motifs is 1. The van der Waals surface area contributed by atoms with Crippen LogP contribution in [0, 0.1) is 0 Å². The molecule has 0 saturated carbocycles. The third kappa shape index (κ3) is 5.74. The lowest BCUT2D eigenvalue weighted by atomic mass is 10.0. The number of nitrogens with two attached hydrogens (primary N) is 1. The van der Waals surface area contributed by atoms with E-state index in [0.29, 0.717) is 17.9 Å². The van der Waals surface area contributed by atoms with Gasteiger partial charge in [0.2, 0.25) is 0 Å². The van der Waals surface area contributed by atoms with Crippen molar-refractivity contribution in [1.29, 1.82) is 0 Å². The Kier molecular flexibility index (Phi) is 6.61. The Morgan fingerprint density at radius 3 is 2.56 bits per heavy atom. The molecule has 1 aromatic carbocycles. The molecule has 172 valence electrons. The zero-order valence-corrected chi connectivity index (χ0v) is 19.1. The molecule has 1 fully saturated rings. The van der Waals surface area contributed by atoms with E-state index in [-0.39, 0.29) is 42.9 Å². The molecule has 0 bridgehead atoms. The zero-order valence-electron chi connectivity index (χ0n) is 18.3. The predicted octanol–water partition coefficient (Wildman–Crippen LogP) is 1.21. The lowest BCUT2D eigenvalue weighted by molar-refractivity contribution is -0.117. The summed E-state index contributed by atoms with van der Waals surface area (Å²) in [7, 11) is -3.16. The van der Waals surface area contributed by atoms with Gasteiger partial charge in [-0.15, -0.1) is 0 Å². The minimum Gasteiger partial charge on any atom is -0.462 e. The summed E-state index contributed by atoms with van der Waals surface area (Å²) in [4.78, 5) is 25.3. The first-order valence-corrected chi connectivity index (χ1v) is 12.9. The number of hydrogen-bond donors (Lipinski definition) is 1. The van der Waals surface area contributed by atoms with Gasteiger partial charge in [0.05, 0.1) is 12.3 Å². The first-order valence-electron chi connectivity index (χ1n) is 10.8. The number of nitrogens with zero attached hydrogens (tertiary/aromatic N) is 4. The van der Waals surface area contributed by atoms with Crippen LogP contribution in [0.4, 0.5) is 11.6 Å². The van der Waals surface area contributed by atoms with E-state index in [1.54, 1.807) is 0 Å². The largest absolute Gasteiger partial charge is 0.462 e. The lowest BCUT2D eigenvalue weighted by Crippen LogP contribution is -2.37. The van der Waals surface area contributed by atoms with Crippen LogP contribution in [-0.2, 0) is 34.1 Å². The highest BCUT2D eigenvalue weighted by molar-refractivity contribution is 7.90. The Bertz CT molecular complexity index is 1100. The van der Waals surface area contributed by atoms with Gasteiger partial charge in [-0.25, -0.2) is 8.42 Å². The van der Waals surface area contributed by atoms with Gasteiger partial charge in [-0.05, 0) is 37.1 Å². The Hall–Kier alpha value is -2.72. The van der Waals surface area contributed by atoms with Gasteiger partial charge < -0.3 is 15.4 Å². The number of ether oxygens (including phenoxy) is 1. The van der Waals surface area contributed by atoms with Crippen molar-refractivity contribution in [3.63, 3.8) is 0 Å². The van der Waals surface area contributed by atoms with E-state index in [1.165, 1.54) is 18.4 Å². The minimum atomic E-state index is -3.16. The van der Waals surface area contributed by atoms with Crippen LogP contribution in [0.3, 0.4) is 0 Å². The van der Waals surface area contributed by atoms with Crippen molar-refractivity contribution in [3.8, 4) is 6.01 Å². The summed E-state index contributed by atoms with van der Waals surface area (Å²) < 4.78 is 28.2. The van der Waals surface area contributed by atoms with Gasteiger partial charge >= 0.3 is 6.01 Å². The molecule has 9 nitrogen and oxygen atoms in total. The normalized spacial score (nSPS) is 16.9. The van der Waals surface area contributed by atoms with E-state index in [2.05, 4.69) is 27.0 Å². The van der Waals surface area contributed by atoms with Crippen molar-refractivity contribution in [2.45, 2.75) is 32.4 Å². The Morgan fingerprint density at radius 2 is 1.84 bits per heavy atom. The molecule has 0 amide bonds. The lowest BCUT2D eigenvalue weighted by Gasteiger charge is -2.30. The first kappa shape index (κ1) is 22.5. The van der Waals surface area contributed by atoms with Crippen molar-refractivity contribution in [1.82, 2.24) is 14.9 Å². The van der Waals surface area contributed by atoms with Crippen LogP contribution in [0.5, 0.6) is 6.01 Å². The number of carbonyl (C=O) groups is 1. The number of hydrogen-bond acceptors (Lipinski definition) is 9. The number of carbonyl (C=O) groups excluding carboxylic acids is 1. The molecule has 3 heterocycles. The number of benzene rings is 1. The molecule has 10 heteroatoms. The summed E-state index contributed by atoms with van der Waals surface area (Å²) in [6.45, 7) is 3.87. The molecule has 32 heavy (non-hydrogen) atoms. The maximum atomic E-state index is 12.4. The minimum absolute atomic E-state index is 0.0204. The van der Waals surface area contributed by atoms with Gasteiger partial charge in [0, 0.05) is 31.3 Å². The maximum absolute atomic E-state index is 12.4. The number of rotatable bonds is 8. The van der Waals surface area contributed by atoms with E-state index < -0.39 is 9.84 Å². The summed E-state index contributed by atoms with van der Waals surface area (Å²) in [5.41, 5.74) is 9.02. The SMILES string of the molecule is CS(=O)(=O)CCOc1nc(N)c2c(n1)N(Cc1cccc(CN3CCCC3)c1)CC(=O)C2. The Balaban J connectivity index is 1.53. The molecule has 4 rings (SSSR count). The van der Waals surface area contributed by atoms with Gasteiger partial charge in [0.25, 0.3) is 0 Å². The van der Waals surface area contributed by atoms with Crippen LogP contribution in [-0.4, -0.2) is 67.3 Å². The second kappa shape index (κ2) is 9.41. The smallest absolute Gasteiger partial charge is 0.320 e. The van der Waals surface area contributed by atoms with Crippen molar-refractivity contribution >= 4 is 27.3 Å². The van der Waals surface area contributed by atoms with Crippen molar-refractivity contribution in [2.24, 2.45) is 0 Å². The average Bonchev–Trinajstić information content (AvgIpc) is 3.21. The second-order valence-electron chi connectivity index (χ2n) is 8.55. The van der Waals surface area contributed by atoms with Gasteiger partial charge in [0.1, 0.15) is 18.2 Å². The number of likely N-dealkylation sites (tertiary alicyclic amines) is 1. The highest BCUT2D eigenvalue weighted by Crippen LogP contribution is 2.30. The highest BCUT2D eigenvalue weighted by atomic mass is 32.2. The molecule has 2 aliphatic heterocycles. The molecular formula is C22H29N5O4S. The number of Topliss-reactive ketones (excluding diaryl/α,β-unsaturated/α-hetero) is 1. The number of sulfone groups is 1. The van der Waals surface area contributed by atoms with Crippen LogP contribution in [0.15, 0.2) is 24.3 Å². The monoisotopic (exact) mass is 459 g/mol. The van der Waals surface area contributed by atoms with Crippen LogP contribution in [0.1, 0.15) is 29.5 Å². The molecule has 0 aliphatic carbocycles. The van der Waals surface area contributed by atoms with E-state index >= 15 is 0 Å². The number of ketones is 1. The summed E-state index contributed by atoms with van der Waals surface area (Å²) in [5.74, 6) is 0.660. The van der Waals surface area contributed by atoms with Gasteiger partial charge in [-0.2, -0.15) is 9.97 Å². The molecule has 0 atom stereocenters. The van der Waals surface area contributed by atoms with Crippen LogP contribution in [0.25, 0.3) is 0 Å². The molecule has 0 radical (unpaired) electrons. The van der Waals surface area contributed by atoms with Crippen molar-refractivity contribution in [2.75, 3.05) is 48.9 Å². The molecule has 2 N–H and O–H groups in total. The van der Waals surface area contributed by atoms with E-state index in [4.69, 9.17) is 10.5 Å². The van der Waals surface area contributed by atoms with Crippen LogP contribution in [0.2, 0.25) is 0 Å². The van der Waals surface area contributed by atoms with Gasteiger partial charge in [0.15, 0.2) is 15.6 Å². The maximum Gasteiger partial charge on any atom is 0.320 e. The molecule has 1 saturated heterocycles. The molecule has 0 spiro atoms. The third-order valence-corrected chi connectivity index (χ3v) is 6.60. The van der Waals surface area contributed by atoms with Crippen LogP contribution < -0.4 is 15.4 Å². The zero-order chi connectivity index (χ0) is 22.7. The fourth-order valence-corrected chi connectivity index (χ4v) is 4.55. The molecule has 1 aromatic heterocycles. The fraction of sp³-hybridized carbons (Fsp3) is 0.500. The molecule has 2 aliphatic rings. The average molecular weight is 460 g/mol. The number of anilines is 2. The third-order valence-electron chi connectivity index (χ3n) is 5.69. The van der Waals surface area contributed by atoms with E-state index in [9.17, 15) is 13.2 Å². The van der Waals surface area contributed by atoms with Crippen molar-refractivity contribution < 1.29 is 17.9 Å². The van der Waals surface area contributed by atoms with E-state index in [1.807, 2.05) is 17.0 Å². The van der Waals surface area contributed by atoms with E-state index in [0.717, 1.165) is 31.5 Å². The highest BCUT2D eigenvalue weighted by Gasteiger charge is 2.28. The quantitative estimate of drug-likeness (QED) is 0.621. The molecular weight excluding hydrogens is 430 g/mol. The Labute approximate surface area is 188 Å².